The second-order valence-electron chi connectivity index (χ2n) is 7.34. The lowest BCUT2D eigenvalue weighted by Gasteiger charge is -2.10. The number of aromatic nitrogens is 2. The third-order valence-electron chi connectivity index (χ3n) is 5.15. The van der Waals surface area contributed by atoms with Gasteiger partial charge in [-0.15, -0.1) is 0 Å². The van der Waals surface area contributed by atoms with E-state index < -0.39 is 17.6 Å². The van der Waals surface area contributed by atoms with Gasteiger partial charge in [-0.3, -0.25) is 14.6 Å². The van der Waals surface area contributed by atoms with Gasteiger partial charge in [0.1, 0.15) is 5.69 Å². The molecule has 2 aromatic heterocycles. The summed E-state index contributed by atoms with van der Waals surface area (Å²) in [6, 6.07) is 15.0. The van der Waals surface area contributed by atoms with Crippen LogP contribution in [0.1, 0.15) is 32.0 Å². The summed E-state index contributed by atoms with van der Waals surface area (Å²) in [5.74, 6) is -0.654. The number of H-pyrrole nitrogens is 1. The third-order valence-corrected chi connectivity index (χ3v) is 5.15. The summed E-state index contributed by atoms with van der Waals surface area (Å²) in [5.41, 5.74) is 2.51. The molecule has 0 spiro atoms. The molecule has 2 heterocycles. The Hall–Kier alpha value is -4.14. The average molecular weight is 452 g/mol. The third kappa shape index (κ3) is 4.72. The number of halogens is 3. The zero-order valence-electron chi connectivity index (χ0n) is 17.5. The van der Waals surface area contributed by atoms with Gasteiger partial charge in [-0.25, -0.2) is 0 Å². The molecule has 0 unspecified atom stereocenters. The topological polar surface area (TPSA) is 86.9 Å². The molecule has 0 fully saturated rings. The molecule has 168 valence electrons. The van der Waals surface area contributed by atoms with Gasteiger partial charge in [-0.05, 0) is 42.0 Å². The van der Waals surface area contributed by atoms with E-state index in [0.29, 0.717) is 22.5 Å². The first-order valence-electron chi connectivity index (χ1n) is 10.0. The van der Waals surface area contributed by atoms with E-state index in [0.717, 1.165) is 28.6 Å². The lowest BCUT2D eigenvalue weighted by molar-refractivity contribution is -0.137. The quantitative estimate of drug-likeness (QED) is 0.416. The Balaban J connectivity index is 1.50. The molecule has 4 rings (SSSR count). The molecule has 2 aromatic carbocycles. The van der Waals surface area contributed by atoms with Gasteiger partial charge in [0.25, 0.3) is 11.8 Å². The van der Waals surface area contributed by atoms with E-state index in [2.05, 4.69) is 20.6 Å². The van der Waals surface area contributed by atoms with Gasteiger partial charge in [0.15, 0.2) is 0 Å². The summed E-state index contributed by atoms with van der Waals surface area (Å²) < 4.78 is 38.6. The SMILES string of the molecule is CNC(=O)c1cc2c(-c3ccc(C(=O)NCc4cccc(C(F)(F)F)c4)cc3)nccc2[nH]1. The van der Waals surface area contributed by atoms with Gasteiger partial charge < -0.3 is 15.6 Å². The molecule has 33 heavy (non-hydrogen) atoms. The summed E-state index contributed by atoms with van der Waals surface area (Å²) in [6.07, 6.45) is -2.81. The lowest BCUT2D eigenvalue weighted by atomic mass is 10.0. The number of aromatic amines is 1. The number of pyridine rings is 1. The number of carbonyl (C=O) groups excluding carboxylic acids is 2. The highest BCUT2D eigenvalue weighted by Crippen LogP contribution is 2.30. The van der Waals surface area contributed by atoms with E-state index in [1.807, 2.05) is 0 Å². The van der Waals surface area contributed by atoms with Gasteiger partial charge >= 0.3 is 6.18 Å². The highest BCUT2D eigenvalue weighted by Gasteiger charge is 2.30. The molecule has 9 heteroatoms. The van der Waals surface area contributed by atoms with Crippen molar-refractivity contribution in [3.05, 3.63) is 89.2 Å². The minimum absolute atomic E-state index is 0.0308. The fourth-order valence-corrected chi connectivity index (χ4v) is 3.46. The first kappa shape index (κ1) is 22.1. The summed E-state index contributed by atoms with van der Waals surface area (Å²) >= 11 is 0. The number of nitrogens with one attached hydrogen (secondary N) is 3. The van der Waals surface area contributed by atoms with Crippen molar-refractivity contribution in [1.82, 2.24) is 20.6 Å². The van der Waals surface area contributed by atoms with Crippen LogP contribution >= 0.6 is 0 Å². The van der Waals surface area contributed by atoms with Crippen molar-refractivity contribution in [2.45, 2.75) is 12.7 Å². The zero-order valence-corrected chi connectivity index (χ0v) is 17.5. The summed E-state index contributed by atoms with van der Waals surface area (Å²) in [6.45, 7) is -0.0308. The molecule has 4 aromatic rings. The Morgan fingerprint density at radius 1 is 1.00 bits per heavy atom. The number of rotatable bonds is 5. The molecule has 0 aliphatic rings. The predicted octanol–water partition coefficient (Wildman–Crippen LogP) is 4.54. The molecule has 0 aliphatic carbocycles. The maximum absolute atomic E-state index is 12.9. The number of carbonyl (C=O) groups is 2. The molecular weight excluding hydrogens is 433 g/mol. The summed E-state index contributed by atoms with van der Waals surface area (Å²) in [5, 5.41) is 5.96. The number of fused-ring (bicyclic) bond motifs is 1. The smallest absolute Gasteiger partial charge is 0.354 e. The second kappa shape index (κ2) is 8.78. The van der Waals surface area contributed by atoms with E-state index in [-0.39, 0.29) is 12.5 Å². The molecule has 0 atom stereocenters. The molecule has 2 amide bonds. The Kier molecular flexibility index (Phi) is 5.87. The van der Waals surface area contributed by atoms with E-state index in [1.165, 1.54) is 12.1 Å². The molecule has 0 aliphatic heterocycles. The van der Waals surface area contributed by atoms with Gasteiger partial charge in [0, 0.05) is 41.8 Å². The Labute approximate surface area is 186 Å². The van der Waals surface area contributed by atoms with E-state index in [4.69, 9.17) is 0 Å². The Morgan fingerprint density at radius 3 is 2.45 bits per heavy atom. The van der Waals surface area contributed by atoms with Crippen LogP contribution in [-0.2, 0) is 12.7 Å². The monoisotopic (exact) mass is 452 g/mol. The van der Waals surface area contributed by atoms with Gasteiger partial charge in [0.2, 0.25) is 0 Å². The highest BCUT2D eigenvalue weighted by atomic mass is 19.4. The van der Waals surface area contributed by atoms with Gasteiger partial charge in [-0.2, -0.15) is 13.2 Å². The van der Waals surface area contributed by atoms with E-state index in [9.17, 15) is 22.8 Å². The van der Waals surface area contributed by atoms with Crippen LogP contribution in [0.25, 0.3) is 22.2 Å². The number of hydrogen-bond acceptors (Lipinski definition) is 3. The maximum atomic E-state index is 12.9. The van der Waals surface area contributed by atoms with Crippen molar-refractivity contribution in [2.75, 3.05) is 7.05 Å². The highest BCUT2D eigenvalue weighted by molar-refractivity contribution is 6.02. The van der Waals surface area contributed by atoms with Crippen LogP contribution in [0.5, 0.6) is 0 Å². The van der Waals surface area contributed by atoms with Crippen molar-refractivity contribution in [3.8, 4) is 11.3 Å². The van der Waals surface area contributed by atoms with Crippen molar-refractivity contribution in [3.63, 3.8) is 0 Å². The number of nitrogens with zero attached hydrogens (tertiary/aromatic N) is 1. The van der Waals surface area contributed by atoms with Crippen LogP contribution in [0.4, 0.5) is 13.2 Å². The zero-order chi connectivity index (χ0) is 23.6. The average Bonchev–Trinajstić information content (AvgIpc) is 3.26. The van der Waals surface area contributed by atoms with Crippen LogP contribution in [0.3, 0.4) is 0 Å². The van der Waals surface area contributed by atoms with E-state index >= 15 is 0 Å². The molecule has 0 bridgehead atoms. The number of hydrogen-bond donors (Lipinski definition) is 3. The van der Waals surface area contributed by atoms with Crippen molar-refractivity contribution in [1.29, 1.82) is 0 Å². The minimum atomic E-state index is -4.44. The van der Waals surface area contributed by atoms with Crippen LogP contribution in [0.15, 0.2) is 66.9 Å². The molecular formula is C24H19F3N4O2. The second-order valence-corrected chi connectivity index (χ2v) is 7.34. The van der Waals surface area contributed by atoms with Crippen molar-refractivity contribution >= 4 is 22.7 Å². The first-order valence-corrected chi connectivity index (χ1v) is 10.0. The van der Waals surface area contributed by atoms with Gasteiger partial charge in [0.05, 0.1) is 11.3 Å². The fraction of sp³-hybridized carbons (Fsp3) is 0.125. The predicted molar refractivity (Wildman–Crippen MR) is 118 cm³/mol. The Morgan fingerprint density at radius 2 is 1.76 bits per heavy atom. The number of benzene rings is 2. The fourth-order valence-electron chi connectivity index (χ4n) is 3.46. The summed E-state index contributed by atoms with van der Waals surface area (Å²) in [4.78, 5) is 31.8. The molecule has 3 N–H and O–H groups in total. The van der Waals surface area contributed by atoms with Crippen molar-refractivity contribution < 1.29 is 22.8 Å². The van der Waals surface area contributed by atoms with E-state index in [1.54, 1.807) is 49.6 Å². The normalized spacial score (nSPS) is 11.4. The largest absolute Gasteiger partial charge is 0.416 e. The van der Waals surface area contributed by atoms with Crippen LogP contribution in [0.2, 0.25) is 0 Å². The summed E-state index contributed by atoms with van der Waals surface area (Å²) in [7, 11) is 1.55. The van der Waals surface area contributed by atoms with Crippen LogP contribution < -0.4 is 10.6 Å². The first-order chi connectivity index (χ1) is 15.8. The molecule has 0 saturated carbocycles. The van der Waals surface area contributed by atoms with Gasteiger partial charge in [-0.1, -0.05) is 24.3 Å². The van der Waals surface area contributed by atoms with Crippen molar-refractivity contribution in [2.24, 2.45) is 0 Å². The Bertz CT molecular complexity index is 1330. The number of alkyl halides is 3. The molecule has 6 nitrogen and oxygen atoms in total. The molecule has 0 radical (unpaired) electrons. The number of amides is 2. The maximum Gasteiger partial charge on any atom is 0.416 e. The van der Waals surface area contributed by atoms with Crippen LogP contribution in [0, 0.1) is 0 Å². The standard InChI is InChI=1S/C24H19F3N4O2/c1-28-23(33)20-12-18-19(31-20)9-10-29-21(18)15-5-7-16(8-6-15)22(32)30-13-14-3-2-4-17(11-14)24(25,26)27/h2-12,31H,13H2,1H3,(H,28,33)(H,30,32). The molecule has 0 saturated heterocycles. The minimum Gasteiger partial charge on any atom is -0.354 e. The lowest BCUT2D eigenvalue weighted by Crippen LogP contribution is -2.23. The van der Waals surface area contributed by atoms with Crippen LogP contribution in [-0.4, -0.2) is 28.8 Å².